The van der Waals surface area contributed by atoms with Gasteiger partial charge in [0.2, 0.25) is 0 Å². The van der Waals surface area contributed by atoms with E-state index in [0.717, 1.165) is 18.1 Å². The Labute approximate surface area is 119 Å². The van der Waals surface area contributed by atoms with Crippen molar-refractivity contribution in [1.29, 1.82) is 0 Å². The lowest BCUT2D eigenvalue weighted by molar-refractivity contribution is -0.133. The Morgan fingerprint density at radius 3 is 2.63 bits per heavy atom. The largest absolute Gasteiger partial charge is 0.481 e. The summed E-state index contributed by atoms with van der Waals surface area (Å²) >= 11 is 1.30. The number of hydrogen-bond donors (Lipinski definition) is 1. The number of carboxylic acid groups (broad SMARTS) is 1. The van der Waals surface area contributed by atoms with Gasteiger partial charge in [-0.15, -0.1) is 0 Å². The van der Waals surface area contributed by atoms with Crippen molar-refractivity contribution >= 4 is 17.7 Å². The number of aromatic nitrogens is 2. The number of nitrogens with zero attached hydrogens (tertiary/aromatic N) is 2. The third-order valence-corrected chi connectivity index (χ3v) is 4.28. The molecular formula is C14H24N2O2S. The number of imidazole rings is 1. The zero-order chi connectivity index (χ0) is 14.6. The summed E-state index contributed by atoms with van der Waals surface area (Å²) in [5, 5.41) is 9.62. The highest BCUT2D eigenvalue weighted by molar-refractivity contribution is 7.99. The monoisotopic (exact) mass is 284 g/mol. The molecule has 19 heavy (non-hydrogen) atoms. The van der Waals surface area contributed by atoms with Crippen molar-refractivity contribution in [2.45, 2.75) is 58.7 Å². The molecule has 4 nitrogen and oxygen atoms in total. The van der Waals surface area contributed by atoms with Crippen LogP contribution >= 0.6 is 11.8 Å². The molecule has 108 valence electrons. The quantitative estimate of drug-likeness (QED) is 0.777. The predicted octanol–water partition coefficient (Wildman–Crippen LogP) is 3.62. The summed E-state index contributed by atoms with van der Waals surface area (Å²) < 4.78 is 2.18. The van der Waals surface area contributed by atoms with Gasteiger partial charge >= 0.3 is 5.97 Å². The molecule has 0 atom stereocenters. The Balaban J connectivity index is 3.01. The van der Waals surface area contributed by atoms with Gasteiger partial charge in [-0.05, 0) is 17.8 Å². The van der Waals surface area contributed by atoms with Gasteiger partial charge in [-0.1, -0.05) is 46.4 Å². The molecule has 0 saturated heterocycles. The van der Waals surface area contributed by atoms with E-state index in [1.807, 2.05) is 6.20 Å². The number of aliphatic carboxylic acids is 1. The summed E-state index contributed by atoms with van der Waals surface area (Å²) in [4.78, 5) is 15.1. The van der Waals surface area contributed by atoms with Gasteiger partial charge in [0, 0.05) is 18.4 Å². The molecule has 0 aliphatic carbocycles. The van der Waals surface area contributed by atoms with Gasteiger partial charge in [-0.3, -0.25) is 4.79 Å². The van der Waals surface area contributed by atoms with Crippen LogP contribution in [0.3, 0.4) is 0 Å². The SMILES string of the molecule is CCC(C)(C)Cn1c(C(C)C)cnc1SCC(=O)O. The Morgan fingerprint density at radius 2 is 2.16 bits per heavy atom. The Bertz CT molecular complexity index is 439. The van der Waals surface area contributed by atoms with Crippen molar-refractivity contribution in [1.82, 2.24) is 9.55 Å². The van der Waals surface area contributed by atoms with Gasteiger partial charge < -0.3 is 9.67 Å². The third kappa shape index (κ3) is 4.56. The lowest BCUT2D eigenvalue weighted by Gasteiger charge is -2.26. The van der Waals surface area contributed by atoms with E-state index in [1.165, 1.54) is 17.5 Å². The lowest BCUT2D eigenvalue weighted by Crippen LogP contribution is -2.21. The Kier molecular flexibility index (Phi) is 5.47. The summed E-state index contributed by atoms with van der Waals surface area (Å²) in [6.07, 6.45) is 2.95. The average molecular weight is 284 g/mol. The fraction of sp³-hybridized carbons (Fsp3) is 0.714. The molecule has 1 heterocycles. The van der Waals surface area contributed by atoms with Gasteiger partial charge in [0.05, 0.1) is 5.75 Å². The van der Waals surface area contributed by atoms with Crippen LogP contribution < -0.4 is 0 Å². The van der Waals surface area contributed by atoms with Gasteiger partial charge in [-0.25, -0.2) is 4.98 Å². The number of thioether (sulfide) groups is 1. The van der Waals surface area contributed by atoms with E-state index in [-0.39, 0.29) is 11.2 Å². The van der Waals surface area contributed by atoms with Gasteiger partial charge in [-0.2, -0.15) is 0 Å². The molecule has 1 N–H and O–H groups in total. The number of carbonyl (C=O) groups is 1. The van der Waals surface area contributed by atoms with Crippen molar-refractivity contribution in [3.05, 3.63) is 11.9 Å². The van der Waals surface area contributed by atoms with Crippen LogP contribution in [0, 0.1) is 5.41 Å². The van der Waals surface area contributed by atoms with Crippen LogP contribution in [0.2, 0.25) is 0 Å². The molecule has 0 aliphatic heterocycles. The standard InChI is InChI=1S/C14H24N2O2S/c1-6-14(4,5)9-16-11(10(2)3)7-15-13(16)19-8-12(17)18/h7,10H,6,8-9H2,1-5H3,(H,17,18). The lowest BCUT2D eigenvalue weighted by atomic mass is 9.90. The topological polar surface area (TPSA) is 55.1 Å². The second-order valence-corrected chi connectivity index (χ2v) is 6.85. The zero-order valence-corrected chi connectivity index (χ0v) is 13.3. The van der Waals surface area contributed by atoms with E-state index in [1.54, 1.807) is 0 Å². The highest BCUT2D eigenvalue weighted by atomic mass is 32.2. The van der Waals surface area contributed by atoms with E-state index >= 15 is 0 Å². The molecule has 0 unspecified atom stereocenters. The van der Waals surface area contributed by atoms with Gasteiger partial charge in [0.1, 0.15) is 0 Å². The van der Waals surface area contributed by atoms with Crippen molar-refractivity contribution < 1.29 is 9.90 Å². The maximum atomic E-state index is 10.7. The first-order valence-electron chi connectivity index (χ1n) is 6.67. The predicted molar refractivity (Wildman–Crippen MR) is 78.7 cm³/mol. The summed E-state index contributed by atoms with van der Waals surface area (Å²) in [5.41, 5.74) is 1.36. The first kappa shape index (κ1) is 16.1. The van der Waals surface area contributed by atoms with Crippen molar-refractivity contribution in [3.8, 4) is 0 Å². The van der Waals surface area contributed by atoms with Crippen molar-refractivity contribution in [2.24, 2.45) is 5.41 Å². The number of carboxylic acids is 1. The fourth-order valence-electron chi connectivity index (χ4n) is 1.77. The summed E-state index contributed by atoms with van der Waals surface area (Å²) in [6.45, 7) is 11.8. The molecule has 5 heteroatoms. The van der Waals surface area contributed by atoms with E-state index in [4.69, 9.17) is 5.11 Å². The minimum Gasteiger partial charge on any atom is -0.481 e. The van der Waals surface area contributed by atoms with Gasteiger partial charge in [0.25, 0.3) is 0 Å². The molecule has 0 aliphatic rings. The van der Waals surface area contributed by atoms with Crippen LogP contribution in [0.5, 0.6) is 0 Å². The fourth-order valence-corrected chi connectivity index (χ4v) is 2.48. The maximum Gasteiger partial charge on any atom is 0.313 e. The Morgan fingerprint density at radius 1 is 1.53 bits per heavy atom. The first-order valence-corrected chi connectivity index (χ1v) is 7.65. The second kappa shape index (κ2) is 6.46. The molecule has 0 aromatic carbocycles. The summed E-state index contributed by atoms with van der Waals surface area (Å²) in [7, 11) is 0. The minimum atomic E-state index is -0.805. The normalized spacial score (nSPS) is 12.1. The molecule has 0 bridgehead atoms. The van der Waals surface area contributed by atoms with Crippen LogP contribution in [-0.4, -0.2) is 26.4 Å². The van der Waals surface area contributed by atoms with E-state index in [0.29, 0.717) is 5.92 Å². The Hall–Kier alpha value is -0.970. The van der Waals surface area contributed by atoms with Crippen molar-refractivity contribution in [2.75, 3.05) is 5.75 Å². The summed E-state index contributed by atoms with van der Waals surface area (Å²) in [5.74, 6) is -0.360. The van der Waals surface area contributed by atoms with Crippen LogP contribution in [-0.2, 0) is 11.3 Å². The molecule has 0 radical (unpaired) electrons. The van der Waals surface area contributed by atoms with E-state index in [9.17, 15) is 4.79 Å². The van der Waals surface area contributed by atoms with Crippen LogP contribution in [0.1, 0.15) is 52.7 Å². The van der Waals surface area contributed by atoms with Crippen LogP contribution in [0.25, 0.3) is 0 Å². The van der Waals surface area contributed by atoms with Crippen LogP contribution in [0.4, 0.5) is 0 Å². The molecule has 1 aromatic rings. The third-order valence-electron chi connectivity index (χ3n) is 3.31. The highest BCUT2D eigenvalue weighted by Crippen LogP contribution is 2.29. The summed E-state index contributed by atoms with van der Waals surface area (Å²) in [6, 6.07) is 0. The molecule has 1 aromatic heterocycles. The second-order valence-electron chi connectivity index (χ2n) is 5.91. The maximum absolute atomic E-state index is 10.7. The number of hydrogen-bond acceptors (Lipinski definition) is 3. The molecule has 0 spiro atoms. The van der Waals surface area contributed by atoms with E-state index < -0.39 is 5.97 Å². The highest BCUT2D eigenvalue weighted by Gasteiger charge is 2.21. The molecular weight excluding hydrogens is 260 g/mol. The smallest absolute Gasteiger partial charge is 0.313 e. The van der Waals surface area contributed by atoms with E-state index in [2.05, 4.69) is 44.2 Å². The molecule has 0 saturated carbocycles. The van der Waals surface area contributed by atoms with Crippen molar-refractivity contribution in [3.63, 3.8) is 0 Å². The molecule has 1 rings (SSSR count). The van der Waals surface area contributed by atoms with Crippen LogP contribution in [0.15, 0.2) is 11.4 Å². The minimum absolute atomic E-state index is 0.0566. The zero-order valence-electron chi connectivity index (χ0n) is 12.4. The van der Waals surface area contributed by atoms with Gasteiger partial charge in [0.15, 0.2) is 5.16 Å². The first-order chi connectivity index (χ1) is 8.76. The number of rotatable bonds is 7. The average Bonchev–Trinajstić information content (AvgIpc) is 2.69. The molecule has 0 amide bonds. The molecule has 0 fully saturated rings.